The van der Waals surface area contributed by atoms with Gasteiger partial charge >= 0.3 is 5.97 Å². The predicted molar refractivity (Wildman–Crippen MR) is 92.5 cm³/mol. The summed E-state index contributed by atoms with van der Waals surface area (Å²) in [6.07, 6.45) is 3.52. The van der Waals surface area contributed by atoms with Crippen molar-refractivity contribution in [1.82, 2.24) is 4.90 Å². The van der Waals surface area contributed by atoms with Crippen LogP contribution >= 0.6 is 0 Å². The van der Waals surface area contributed by atoms with Gasteiger partial charge in [0, 0.05) is 25.1 Å². The Hall–Kier alpha value is -2.34. The van der Waals surface area contributed by atoms with E-state index in [1.54, 1.807) is 20.2 Å². The molecule has 0 bridgehead atoms. The first-order chi connectivity index (χ1) is 12.0. The molecule has 25 heavy (non-hydrogen) atoms. The van der Waals surface area contributed by atoms with Crippen LogP contribution in [0.4, 0.5) is 0 Å². The summed E-state index contributed by atoms with van der Waals surface area (Å²) < 4.78 is 11.0. The van der Waals surface area contributed by atoms with E-state index < -0.39 is 17.4 Å². The maximum atomic E-state index is 13.1. The number of benzene rings is 1. The fraction of sp³-hybridized carbons (Fsp3) is 0.474. The van der Waals surface area contributed by atoms with E-state index in [0.29, 0.717) is 24.0 Å². The van der Waals surface area contributed by atoms with Crippen LogP contribution in [0, 0.1) is 0 Å². The van der Waals surface area contributed by atoms with E-state index in [-0.39, 0.29) is 12.4 Å². The van der Waals surface area contributed by atoms with E-state index in [0.717, 1.165) is 24.6 Å². The number of furan rings is 1. The molecule has 1 amide bonds. The molecule has 0 aliphatic heterocycles. The quantitative estimate of drug-likeness (QED) is 0.898. The summed E-state index contributed by atoms with van der Waals surface area (Å²) >= 11 is 0. The molecule has 1 N–H and O–H groups in total. The molecule has 1 fully saturated rings. The second-order valence-electron chi connectivity index (χ2n) is 6.60. The highest BCUT2D eigenvalue weighted by Gasteiger charge is 2.46. The summed E-state index contributed by atoms with van der Waals surface area (Å²) in [5.41, 5.74) is 0.0872. The molecule has 1 aromatic carbocycles. The van der Waals surface area contributed by atoms with E-state index >= 15 is 0 Å². The molecule has 134 valence electrons. The Kier molecular flexibility index (Phi) is 4.81. The lowest BCUT2D eigenvalue weighted by Gasteiger charge is -2.40. The van der Waals surface area contributed by atoms with E-state index in [4.69, 9.17) is 9.15 Å². The van der Waals surface area contributed by atoms with Crippen LogP contribution in [0.1, 0.15) is 48.2 Å². The van der Waals surface area contributed by atoms with Gasteiger partial charge in [0.25, 0.3) is 5.91 Å². The SMILES string of the molecule is COCc1c(C(=O)N(C)C2(C(=O)O)CCCCC2)oc2ccccc12. The number of likely N-dealkylation sites (N-methyl/N-ethyl adjacent to an activating group) is 1. The van der Waals surface area contributed by atoms with Crippen LogP contribution in [0.25, 0.3) is 11.0 Å². The zero-order valence-electron chi connectivity index (χ0n) is 14.6. The Labute approximate surface area is 146 Å². The monoisotopic (exact) mass is 345 g/mol. The van der Waals surface area contributed by atoms with Gasteiger partial charge in [0.2, 0.25) is 0 Å². The smallest absolute Gasteiger partial charge is 0.329 e. The number of rotatable bonds is 5. The average Bonchev–Trinajstić information content (AvgIpc) is 3.00. The van der Waals surface area contributed by atoms with E-state index in [2.05, 4.69) is 0 Å². The van der Waals surface area contributed by atoms with Crippen LogP contribution < -0.4 is 0 Å². The van der Waals surface area contributed by atoms with Gasteiger partial charge < -0.3 is 19.2 Å². The van der Waals surface area contributed by atoms with Crippen LogP contribution in [0.5, 0.6) is 0 Å². The predicted octanol–water partition coefficient (Wildman–Crippen LogP) is 3.44. The van der Waals surface area contributed by atoms with Gasteiger partial charge in [-0.25, -0.2) is 4.79 Å². The molecule has 6 nitrogen and oxygen atoms in total. The van der Waals surface area contributed by atoms with Gasteiger partial charge in [0.1, 0.15) is 11.1 Å². The number of hydrogen-bond donors (Lipinski definition) is 1. The molecular formula is C19H23NO5. The van der Waals surface area contributed by atoms with Crippen molar-refractivity contribution in [3.05, 3.63) is 35.6 Å². The Morgan fingerprint density at radius 3 is 2.56 bits per heavy atom. The molecule has 0 atom stereocenters. The molecule has 1 heterocycles. The first kappa shape index (κ1) is 17.5. The number of carbonyl (C=O) groups excluding carboxylic acids is 1. The van der Waals surface area contributed by atoms with Gasteiger partial charge in [-0.3, -0.25) is 4.79 Å². The van der Waals surface area contributed by atoms with Crippen LogP contribution in [0.3, 0.4) is 0 Å². The molecule has 1 aliphatic rings. The minimum atomic E-state index is -1.17. The van der Waals surface area contributed by atoms with Gasteiger partial charge in [-0.15, -0.1) is 0 Å². The Morgan fingerprint density at radius 2 is 1.92 bits per heavy atom. The second kappa shape index (κ2) is 6.88. The van der Waals surface area contributed by atoms with E-state index in [9.17, 15) is 14.7 Å². The number of carbonyl (C=O) groups is 2. The zero-order chi connectivity index (χ0) is 18.0. The highest BCUT2D eigenvalue weighted by molar-refractivity contribution is 6.01. The van der Waals surface area contributed by atoms with Gasteiger partial charge in [0.15, 0.2) is 5.76 Å². The zero-order valence-corrected chi connectivity index (χ0v) is 14.6. The average molecular weight is 345 g/mol. The molecule has 1 saturated carbocycles. The van der Waals surface area contributed by atoms with Crippen molar-refractivity contribution in [3.8, 4) is 0 Å². The number of hydrogen-bond acceptors (Lipinski definition) is 4. The number of carboxylic acids is 1. The lowest BCUT2D eigenvalue weighted by atomic mass is 9.80. The molecular weight excluding hydrogens is 322 g/mol. The first-order valence-electron chi connectivity index (χ1n) is 8.52. The van der Waals surface area contributed by atoms with E-state index in [1.807, 2.05) is 18.2 Å². The fourth-order valence-electron chi connectivity index (χ4n) is 3.74. The fourth-order valence-corrected chi connectivity index (χ4v) is 3.74. The second-order valence-corrected chi connectivity index (χ2v) is 6.60. The summed E-state index contributed by atoms with van der Waals surface area (Å²) in [6, 6.07) is 7.37. The number of fused-ring (bicyclic) bond motifs is 1. The molecule has 6 heteroatoms. The van der Waals surface area contributed by atoms with Crippen LogP contribution in [-0.4, -0.2) is 41.6 Å². The number of carboxylic acid groups (broad SMARTS) is 1. The van der Waals surface area contributed by atoms with Crippen molar-refractivity contribution in [3.63, 3.8) is 0 Å². The van der Waals surface area contributed by atoms with E-state index in [1.165, 1.54) is 4.90 Å². The number of para-hydroxylation sites is 1. The topological polar surface area (TPSA) is 80.0 Å². The highest BCUT2D eigenvalue weighted by atomic mass is 16.5. The van der Waals surface area contributed by atoms with Crippen molar-refractivity contribution < 1.29 is 23.8 Å². The van der Waals surface area contributed by atoms with Crippen molar-refractivity contribution in [2.24, 2.45) is 0 Å². The van der Waals surface area contributed by atoms with Gasteiger partial charge in [0.05, 0.1) is 6.61 Å². The first-order valence-corrected chi connectivity index (χ1v) is 8.52. The Morgan fingerprint density at radius 1 is 1.24 bits per heavy atom. The van der Waals surface area contributed by atoms with Crippen molar-refractivity contribution in [2.75, 3.05) is 14.2 Å². The molecule has 0 radical (unpaired) electrons. The minimum absolute atomic E-state index is 0.164. The molecule has 1 aromatic heterocycles. The van der Waals surface area contributed by atoms with Crippen molar-refractivity contribution >= 4 is 22.8 Å². The lowest BCUT2D eigenvalue weighted by Crippen LogP contribution is -2.56. The number of ether oxygens (including phenoxy) is 1. The number of nitrogens with zero attached hydrogens (tertiary/aromatic N) is 1. The third-order valence-electron chi connectivity index (χ3n) is 5.21. The standard InChI is InChI=1S/C19H23NO5/c1-20(19(18(22)23)10-6-3-7-11-19)17(21)16-14(12-24-2)13-8-4-5-9-15(13)25-16/h4-5,8-9H,3,6-7,10-12H2,1-2H3,(H,22,23). The maximum Gasteiger partial charge on any atom is 0.329 e. The maximum absolute atomic E-state index is 13.1. The Bertz CT molecular complexity index is 788. The van der Waals surface area contributed by atoms with Gasteiger partial charge in [-0.05, 0) is 18.9 Å². The molecule has 1 aliphatic carbocycles. The summed E-state index contributed by atoms with van der Waals surface area (Å²) in [4.78, 5) is 26.5. The summed E-state index contributed by atoms with van der Waals surface area (Å²) in [5.74, 6) is -1.20. The summed E-state index contributed by atoms with van der Waals surface area (Å²) in [7, 11) is 3.12. The van der Waals surface area contributed by atoms with Crippen molar-refractivity contribution in [2.45, 2.75) is 44.2 Å². The number of methoxy groups -OCH3 is 1. The van der Waals surface area contributed by atoms with Crippen molar-refractivity contribution in [1.29, 1.82) is 0 Å². The Balaban J connectivity index is 2.03. The molecule has 0 unspecified atom stereocenters. The lowest BCUT2D eigenvalue weighted by molar-refractivity contribution is -0.151. The largest absolute Gasteiger partial charge is 0.479 e. The summed E-state index contributed by atoms with van der Waals surface area (Å²) in [6.45, 7) is 0.228. The van der Waals surface area contributed by atoms with Crippen LogP contribution in [0.15, 0.2) is 28.7 Å². The van der Waals surface area contributed by atoms with Crippen LogP contribution in [-0.2, 0) is 16.1 Å². The molecule has 3 rings (SSSR count). The molecule has 0 spiro atoms. The van der Waals surface area contributed by atoms with Gasteiger partial charge in [-0.2, -0.15) is 0 Å². The van der Waals surface area contributed by atoms with Gasteiger partial charge in [-0.1, -0.05) is 37.5 Å². The molecule has 2 aromatic rings. The minimum Gasteiger partial charge on any atom is -0.479 e. The highest BCUT2D eigenvalue weighted by Crippen LogP contribution is 2.36. The normalized spacial score (nSPS) is 16.7. The third kappa shape index (κ3) is 2.91. The molecule has 0 saturated heterocycles. The third-order valence-corrected chi connectivity index (χ3v) is 5.21. The summed E-state index contributed by atoms with van der Waals surface area (Å²) in [5, 5.41) is 10.6. The number of aliphatic carboxylic acids is 1. The van der Waals surface area contributed by atoms with Crippen LogP contribution in [0.2, 0.25) is 0 Å². The number of amides is 1.